The summed E-state index contributed by atoms with van der Waals surface area (Å²) >= 11 is 10.4. The molecule has 7 N–H and O–H groups in total. The minimum absolute atomic E-state index is 0.0146. The number of imidazole rings is 2. The highest BCUT2D eigenvalue weighted by Gasteiger charge is 2.83. The van der Waals surface area contributed by atoms with Crippen LogP contribution in [0, 0.1) is 5.41 Å². The van der Waals surface area contributed by atoms with Gasteiger partial charge >= 0.3 is 13.4 Å². The van der Waals surface area contributed by atoms with E-state index in [1.807, 2.05) is 0 Å². The lowest BCUT2D eigenvalue weighted by molar-refractivity contribution is -0.0490. The van der Waals surface area contributed by atoms with E-state index in [0.717, 1.165) is 17.2 Å². The number of nitrogens with zero attached hydrogens (tertiary/aromatic N) is 7. The standard InChI is InChI=1S/C22H23F3N10O9P2S2/c23-10-13-8(41-19(10)34-6-30-11-16(34)32-20(27)33-18(11)36)2-39-46(38,48)44-14-12(7-1-28-17-15(26)29-5-31-35(7)17)42-9(3-40-45(37,47)43-13)21(14)4-22(21,24)25/h1,5-6,8-10,12-14,19H,2-4H2,(H,37,47)(H,38,48)(H2,26,29,31)(H3,27,32,33,36)/t8-,9-,10-,12+,13-,14+,19-,21-,45?,46?/m1/s1. The van der Waals surface area contributed by atoms with E-state index in [1.165, 1.54) is 10.7 Å². The molecule has 10 atom stereocenters. The highest BCUT2D eigenvalue weighted by molar-refractivity contribution is 8.07. The van der Waals surface area contributed by atoms with Gasteiger partial charge < -0.3 is 44.3 Å². The number of rotatable bonds is 2. The van der Waals surface area contributed by atoms with Crippen molar-refractivity contribution in [3.63, 3.8) is 0 Å². The molecule has 3 aliphatic heterocycles. The molecule has 4 fully saturated rings. The summed E-state index contributed by atoms with van der Waals surface area (Å²) in [5.41, 5.74) is 8.59. The molecule has 48 heavy (non-hydrogen) atoms. The van der Waals surface area contributed by atoms with Crippen LogP contribution in [0.3, 0.4) is 0 Å². The van der Waals surface area contributed by atoms with Gasteiger partial charge in [-0.15, -0.1) is 0 Å². The number of alkyl halides is 3. The zero-order chi connectivity index (χ0) is 34.0. The average Bonchev–Trinajstić information content (AvgIpc) is 3.49. The molecule has 19 nitrogen and oxygen atoms in total. The van der Waals surface area contributed by atoms with Crippen LogP contribution in [-0.4, -0.2) is 98.6 Å². The molecule has 0 amide bonds. The number of nitrogen functional groups attached to an aromatic ring is 2. The minimum Gasteiger partial charge on any atom is -0.381 e. The third-order valence-electron chi connectivity index (χ3n) is 8.67. The Kier molecular flexibility index (Phi) is 7.36. The highest BCUT2D eigenvalue weighted by atomic mass is 32.5. The molecule has 26 heteroatoms. The van der Waals surface area contributed by atoms with Gasteiger partial charge in [0.05, 0.1) is 43.0 Å². The average molecular weight is 755 g/mol. The van der Waals surface area contributed by atoms with Gasteiger partial charge in [0, 0.05) is 6.42 Å². The topological polar surface area (TPSA) is 255 Å². The van der Waals surface area contributed by atoms with Crippen molar-refractivity contribution in [3.05, 3.63) is 34.9 Å². The van der Waals surface area contributed by atoms with E-state index in [-0.39, 0.29) is 34.3 Å². The predicted molar refractivity (Wildman–Crippen MR) is 161 cm³/mol. The first-order valence-electron chi connectivity index (χ1n) is 13.9. The summed E-state index contributed by atoms with van der Waals surface area (Å²) < 4.78 is 83.5. The molecule has 4 aromatic heterocycles. The van der Waals surface area contributed by atoms with E-state index in [9.17, 15) is 14.6 Å². The van der Waals surface area contributed by atoms with Gasteiger partial charge in [0.1, 0.15) is 30.7 Å². The summed E-state index contributed by atoms with van der Waals surface area (Å²) in [6.45, 7) is -10.4. The Morgan fingerprint density at radius 2 is 1.79 bits per heavy atom. The fourth-order valence-electron chi connectivity index (χ4n) is 6.41. The Bertz CT molecular complexity index is 2130. The monoisotopic (exact) mass is 754 g/mol. The van der Waals surface area contributed by atoms with Crippen LogP contribution >= 0.6 is 13.4 Å². The number of hydrogen-bond acceptors (Lipinski definition) is 16. The van der Waals surface area contributed by atoms with Gasteiger partial charge in [0.15, 0.2) is 35.0 Å². The number of aromatic amines is 1. The van der Waals surface area contributed by atoms with Gasteiger partial charge in [0.25, 0.3) is 11.5 Å². The van der Waals surface area contributed by atoms with Crippen LogP contribution in [0.4, 0.5) is 24.9 Å². The lowest BCUT2D eigenvalue weighted by atomic mass is 9.91. The molecule has 4 aliphatic rings. The smallest absolute Gasteiger partial charge is 0.325 e. The zero-order valence-electron chi connectivity index (χ0n) is 23.8. The van der Waals surface area contributed by atoms with E-state index in [0.29, 0.717) is 0 Å². The summed E-state index contributed by atoms with van der Waals surface area (Å²) in [4.78, 5) is 52.8. The van der Waals surface area contributed by atoms with Crippen LogP contribution in [-0.2, 0) is 51.2 Å². The molecule has 0 aromatic carbocycles. The van der Waals surface area contributed by atoms with Gasteiger partial charge in [-0.05, 0) is 23.6 Å². The Hall–Kier alpha value is -2.73. The summed E-state index contributed by atoms with van der Waals surface area (Å²) in [6.07, 6.45) is -8.87. The number of fused-ring (bicyclic) bond motifs is 3. The number of nitrogens with two attached hydrogens (primary N) is 2. The Morgan fingerprint density at radius 3 is 2.54 bits per heavy atom. The fraction of sp³-hybridized carbons (Fsp3) is 0.545. The molecule has 258 valence electrons. The number of H-pyrrole nitrogens is 1. The van der Waals surface area contributed by atoms with Gasteiger partial charge in [0.2, 0.25) is 5.95 Å². The maximum Gasteiger partial charge on any atom is 0.325 e. The van der Waals surface area contributed by atoms with Crippen LogP contribution in [0.15, 0.2) is 23.6 Å². The molecule has 8 rings (SSSR count). The van der Waals surface area contributed by atoms with E-state index in [1.54, 1.807) is 0 Å². The molecule has 4 aromatic rings. The van der Waals surface area contributed by atoms with E-state index < -0.39 is 92.9 Å². The van der Waals surface area contributed by atoms with Crippen LogP contribution in [0.2, 0.25) is 0 Å². The van der Waals surface area contributed by atoms with E-state index in [2.05, 4.69) is 30.0 Å². The maximum absolute atomic E-state index is 16.2. The molecule has 0 radical (unpaired) electrons. The third-order valence-corrected chi connectivity index (χ3v) is 11.8. The lowest BCUT2D eigenvalue weighted by Crippen LogP contribution is -2.36. The van der Waals surface area contributed by atoms with Crippen LogP contribution in [0.5, 0.6) is 0 Å². The largest absolute Gasteiger partial charge is 0.381 e. The third kappa shape index (κ3) is 5.01. The van der Waals surface area contributed by atoms with Gasteiger partial charge in [-0.3, -0.25) is 18.9 Å². The number of anilines is 2. The van der Waals surface area contributed by atoms with Crippen LogP contribution in [0.25, 0.3) is 16.8 Å². The predicted octanol–water partition coefficient (Wildman–Crippen LogP) is 0.373. The number of halogens is 3. The summed E-state index contributed by atoms with van der Waals surface area (Å²) in [5, 5.41) is 4.09. The van der Waals surface area contributed by atoms with Gasteiger partial charge in [-0.2, -0.15) is 10.1 Å². The molecule has 1 aliphatic carbocycles. The van der Waals surface area contributed by atoms with Crippen molar-refractivity contribution in [1.29, 1.82) is 0 Å². The molecular formula is C22H23F3N10O9P2S2. The Balaban J connectivity index is 1.15. The number of hydrogen-bond donors (Lipinski definition) is 5. The van der Waals surface area contributed by atoms with Crippen LogP contribution < -0.4 is 17.0 Å². The Labute approximate surface area is 275 Å². The second-order valence-corrected chi connectivity index (χ2v) is 17.0. The van der Waals surface area contributed by atoms with Crippen molar-refractivity contribution >= 4 is 65.6 Å². The van der Waals surface area contributed by atoms with Crippen molar-refractivity contribution in [3.8, 4) is 0 Å². The van der Waals surface area contributed by atoms with Crippen molar-refractivity contribution in [2.75, 3.05) is 24.7 Å². The maximum atomic E-state index is 16.2. The summed E-state index contributed by atoms with van der Waals surface area (Å²) in [6, 6.07) is 0. The Morgan fingerprint density at radius 1 is 1.06 bits per heavy atom. The van der Waals surface area contributed by atoms with Crippen molar-refractivity contribution < 1.29 is 50.5 Å². The first-order chi connectivity index (χ1) is 22.6. The second kappa shape index (κ2) is 10.9. The summed E-state index contributed by atoms with van der Waals surface area (Å²) in [5.74, 6) is -3.72. The number of nitrogens with one attached hydrogen (secondary N) is 1. The van der Waals surface area contributed by atoms with Crippen molar-refractivity contribution in [2.24, 2.45) is 5.41 Å². The SMILES string of the molecule is Nc1nc2c(ncn2[C@@H]2O[C@@H]3COP(O)(=S)O[C@H]4[C@H](c5cnc6c(N)ncnn56)O[C@H](COP(O)(=S)O[C@H]3[C@H]2F)[C@]42CC2(F)F)c(=O)[nH]1. The second-order valence-electron chi connectivity index (χ2n) is 11.4. The molecular weight excluding hydrogens is 731 g/mol. The quantitative estimate of drug-likeness (QED) is 0.173. The highest BCUT2D eigenvalue weighted by Crippen LogP contribution is 2.73. The van der Waals surface area contributed by atoms with Crippen molar-refractivity contribution in [2.45, 2.75) is 55.3 Å². The lowest BCUT2D eigenvalue weighted by Gasteiger charge is -2.28. The number of ether oxygens (including phenoxy) is 2. The van der Waals surface area contributed by atoms with Gasteiger partial charge in [-0.25, -0.2) is 32.6 Å². The summed E-state index contributed by atoms with van der Waals surface area (Å²) in [7, 11) is 0. The molecule has 2 bridgehead atoms. The van der Waals surface area contributed by atoms with Crippen molar-refractivity contribution in [1.82, 2.24) is 39.1 Å². The molecule has 1 spiro atoms. The number of aromatic nitrogens is 8. The molecule has 2 unspecified atom stereocenters. The van der Waals surface area contributed by atoms with E-state index >= 15 is 13.2 Å². The molecule has 1 saturated carbocycles. The molecule has 3 saturated heterocycles. The molecule has 7 heterocycles. The normalized spacial score (nSPS) is 39.6. The van der Waals surface area contributed by atoms with Crippen LogP contribution in [0.1, 0.15) is 24.4 Å². The first kappa shape index (κ1) is 32.5. The van der Waals surface area contributed by atoms with E-state index in [4.69, 9.17) is 62.6 Å². The zero-order valence-corrected chi connectivity index (χ0v) is 27.2. The minimum atomic E-state index is -4.48. The van der Waals surface area contributed by atoms with Gasteiger partial charge in [-0.1, -0.05) is 0 Å². The fourth-order valence-corrected chi connectivity index (χ4v) is 9.28. The first-order valence-corrected chi connectivity index (χ1v) is 19.1.